The first-order valence-corrected chi connectivity index (χ1v) is 11.5. The van der Waals surface area contributed by atoms with Crippen LogP contribution in [0.25, 0.3) is 0 Å². The topological polar surface area (TPSA) is 123 Å². The highest BCUT2D eigenvalue weighted by Crippen LogP contribution is 2.56. The molecule has 0 saturated carbocycles. The average Bonchev–Trinajstić information content (AvgIpc) is 3.35. The second kappa shape index (κ2) is 8.23. The molecule has 10 nitrogen and oxygen atoms in total. The summed E-state index contributed by atoms with van der Waals surface area (Å²) in [7, 11) is -0.442. The molecule has 1 N–H and O–H groups in total. The van der Waals surface area contributed by atoms with Crippen LogP contribution >= 0.6 is 0 Å². The van der Waals surface area contributed by atoms with Crippen LogP contribution < -0.4 is 9.04 Å². The van der Waals surface area contributed by atoms with Crippen molar-refractivity contribution in [2.75, 3.05) is 32.2 Å². The molecule has 33 heavy (non-hydrogen) atoms. The predicted molar refractivity (Wildman–Crippen MR) is 116 cm³/mol. The van der Waals surface area contributed by atoms with Gasteiger partial charge in [0.1, 0.15) is 11.9 Å². The van der Waals surface area contributed by atoms with Gasteiger partial charge < -0.3 is 19.3 Å². The molecule has 4 rings (SSSR count). The fourth-order valence-electron chi connectivity index (χ4n) is 4.78. The first kappa shape index (κ1) is 22.9. The Bertz CT molecular complexity index is 1190. The van der Waals surface area contributed by atoms with E-state index in [1.54, 1.807) is 36.4 Å². The molecule has 0 radical (unpaired) electrons. The lowest BCUT2D eigenvalue weighted by Crippen LogP contribution is -2.62. The number of amides is 1. The fraction of sp³-hybridized carbons (Fsp3) is 0.364. The molecule has 0 aromatic heterocycles. The number of esters is 1. The van der Waals surface area contributed by atoms with Gasteiger partial charge in [-0.05, 0) is 42.3 Å². The van der Waals surface area contributed by atoms with E-state index in [1.165, 1.54) is 19.2 Å². The van der Waals surface area contributed by atoms with Gasteiger partial charge in [0.2, 0.25) is 0 Å². The first-order chi connectivity index (χ1) is 15.8. The van der Waals surface area contributed by atoms with Gasteiger partial charge in [0.15, 0.2) is 5.54 Å². The van der Waals surface area contributed by atoms with Crippen LogP contribution in [0.15, 0.2) is 53.4 Å². The number of nitrogens with zero attached hydrogens (tertiary/aromatic N) is 2. The quantitative estimate of drug-likeness (QED) is 0.647. The van der Waals surface area contributed by atoms with Crippen LogP contribution in [0.1, 0.15) is 17.9 Å². The Kier molecular flexibility index (Phi) is 5.71. The number of ether oxygens (including phenoxy) is 3. The number of hydrogen-bond acceptors (Lipinski definition) is 8. The molecule has 1 fully saturated rings. The minimum Gasteiger partial charge on any atom is -0.497 e. The normalized spacial score (nSPS) is 23.6. The van der Waals surface area contributed by atoms with E-state index in [0.717, 1.165) is 23.4 Å². The fourth-order valence-corrected chi connectivity index (χ4v) is 6.45. The third-order valence-electron chi connectivity index (χ3n) is 6.25. The molecule has 0 bridgehead atoms. The lowest BCUT2D eigenvalue weighted by atomic mass is 9.89. The van der Waals surface area contributed by atoms with Crippen molar-refractivity contribution in [2.24, 2.45) is 0 Å². The van der Waals surface area contributed by atoms with E-state index in [4.69, 9.17) is 14.2 Å². The maximum Gasteiger partial charge on any atom is 0.412 e. The number of aliphatic hydroxyl groups excluding tert-OH is 1. The highest BCUT2D eigenvalue weighted by molar-refractivity contribution is 7.92. The number of carbonyl (C=O) groups is 2. The Balaban J connectivity index is 1.99. The molecule has 0 spiro atoms. The Labute approximate surface area is 191 Å². The molecule has 0 aliphatic carbocycles. The third kappa shape index (κ3) is 3.22. The highest BCUT2D eigenvalue weighted by Gasteiger charge is 2.65. The van der Waals surface area contributed by atoms with Crippen LogP contribution in [-0.4, -0.2) is 70.1 Å². The number of anilines is 1. The van der Waals surface area contributed by atoms with E-state index in [0.29, 0.717) is 17.0 Å². The smallest absolute Gasteiger partial charge is 0.412 e. The molecule has 11 heteroatoms. The molecule has 1 amide bonds. The number of aliphatic hydroxyl groups is 1. The maximum absolute atomic E-state index is 13.8. The Morgan fingerprint density at radius 2 is 1.79 bits per heavy atom. The van der Waals surface area contributed by atoms with Crippen molar-refractivity contribution >= 4 is 27.8 Å². The summed E-state index contributed by atoms with van der Waals surface area (Å²) >= 11 is 0. The van der Waals surface area contributed by atoms with Gasteiger partial charge in [0, 0.05) is 5.92 Å². The van der Waals surface area contributed by atoms with Crippen molar-refractivity contribution in [3.05, 3.63) is 54.1 Å². The number of sulfonamides is 1. The van der Waals surface area contributed by atoms with Crippen LogP contribution in [0, 0.1) is 0 Å². The number of benzene rings is 2. The van der Waals surface area contributed by atoms with Gasteiger partial charge in [-0.25, -0.2) is 22.3 Å². The number of fused-ring (bicyclic) bond motifs is 3. The van der Waals surface area contributed by atoms with E-state index in [1.807, 2.05) is 0 Å². The molecule has 2 aromatic carbocycles. The van der Waals surface area contributed by atoms with Gasteiger partial charge in [0.25, 0.3) is 10.0 Å². The molecular weight excluding hydrogens is 452 g/mol. The predicted octanol–water partition coefficient (Wildman–Crippen LogP) is 1.69. The average molecular weight is 477 g/mol. The molecule has 2 heterocycles. The van der Waals surface area contributed by atoms with E-state index >= 15 is 0 Å². The first-order valence-electron chi connectivity index (χ1n) is 10.1. The van der Waals surface area contributed by atoms with Gasteiger partial charge in [0.05, 0.1) is 38.5 Å². The van der Waals surface area contributed by atoms with Gasteiger partial charge in [-0.2, -0.15) is 0 Å². The number of hydrogen-bond donors (Lipinski definition) is 1. The van der Waals surface area contributed by atoms with Crippen molar-refractivity contribution in [3.63, 3.8) is 0 Å². The summed E-state index contributed by atoms with van der Waals surface area (Å²) in [6.45, 7) is -0.777. The van der Waals surface area contributed by atoms with Gasteiger partial charge >= 0.3 is 12.1 Å². The monoisotopic (exact) mass is 476 g/mol. The van der Waals surface area contributed by atoms with Crippen LogP contribution in [-0.2, 0) is 24.3 Å². The highest BCUT2D eigenvalue weighted by atomic mass is 32.2. The number of carbonyl (C=O) groups excluding carboxylic acids is 2. The van der Waals surface area contributed by atoms with Crippen molar-refractivity contribution in [3.8, 4) is 5.75 Å². The lowest BCUT2D eigenvalue weighted by Gasteiger charge is -2.39. The zero-order chi connectivity index (χ0) is 24.0. The summed E-state index contributed by atoms with van der Waals surface area (Å²) in [6, 6.07) is 12.7. The summed E-state index contributed by atoms with van der Waals surface area (Å²) in [5, 5.41) is 10.3. The Morgan fingerprint density at radius 3 is 2.36 bits per heavy atom. The number of methoxy groups -OCH3 is 3. The van der Waals surface area contributed by atoms with E-state index < -0.39 is 46.3 Å². The molecule has 0 unspecified atom stereocenters. The Morgan fingerprint density at radius 1 is 1.09 bits per heavy atom. The van der Waals surface area contributed by atoms with Crippen LogP contribution in [0.2, 0.25) is 0 Å². The summed E-state index contributed by atoms with van der Waals surface area (Å²) in [6.07, 6.45) is -2.21. The van der Waals surface area contributed by atoms with Gasteiger partial charge in [-0.1, -0.05) is 18.2 Å². The maximum atomic E-state index is 13.8. The molecule has 2 aromatic rings. The summed E-state index contributed by atoms with van der Waals surface area (Å²) < 4.78 is 43.9. The van der Waals surface area contributed by atoms with Crippen LogP contribution in [0.3, 0.4) is 0 Å². The minimum absolute atomic E-state index is 0.0109. The standard InChI is InChI=1S/C22H24N2O8S/c1-30-14-9-10-18-16(11-14)17-12-22(13-25,20(26)31-2)23(21(27)32-3)19(17)24(18)33(28,29)15-7-5-4-6-8-15/h4-11,17,19,25H,12-13H2,1-3H3/t17-,19+,22-/m0/s1. The van der Waals surface area contributed by atoms with E-state index in [-0.39, 0.29) is 11.3 Å². The number of rotatable bonds is 5. The van der Waals surface area contributed by atoms with Crippen LogP contribution in [0.5, 0.6) is 5.75 Å². The second-order valence-corrected chi connectivity index (χ2v) is 9.60. The van der Waals surface area contributed by atoms with Gasteiger partial charge in [-0.3, -0.25) is 4.90 Å². The summed E-state index contributed by atoms with van der Waals surface area (Å²) in [5.74, 6) is -1.04. The van der Waals surface area contributed by atoms with Gasteiger partial charge in [-0.15, -0.1) is 0 Å². The number of likely N-dealkylation sites (tertiary alicyclic amines) is 1. The molecule has 3 atom stereocenters. The minimum atomic E-state index is -4.18. The van der Waals surface area contributed by atoms with Crippen molar-refractivity contribution in [2.45, 2.75) is 28.9 Å². The third-order valence-corrected chi connectivity index (χ3v) is 8.05. The zero-order valence-corrected chi connectivity index (χ0v) is 19.1. The molecular formula is C22H24N2O8S. The molecule has 1 saturated heterocycles. The van der Waals surface area contributed by atoms with E-state index in [2.05, 4.69) is 0 Å². The van der Waals surface area contributed by atoms with Crippen molar-refractivity contribution in [1.29, 1.82) is 0 Å². The molecule has 176 valence electrons. The lowest BCUT2D eigenvalue weighted by molar-refractivity contribution is -0.155. The van der Waals surface area contributed by atoms with Crippen molar-refractivity contribution in [1.82, 2.24) is 4.90 Å². The summed E-state index contributed by atoms with van der Waals surface area (Å²) in [5.41, 5.74) is -0.922. The van der Waals surface area contributed by atoms with Crippen LogP contribution in [0.4, 0.5) is 10.5 Å². The zero-order valence-electron chi connectivity index (χ0n) is 18.3. The second-order valence-electron chi connectivity index (χ2n) is 7.78. The molecule has 2 aliphatic rings. The Hall–Kier alpha value is -3.31. The van der Waals surface area contributed by atoms with Crippen molar-refractivity contribution < 1.29 is 37.3 Å². The molecule has 2 aliphatic heterocycles. The SMILES string of the molecule is COC(=O)N1[C@H]2[C@@H](C[C@]1(CO)C(=O)OC)c1cc(OC)ccc1N2S(=O)(=O)c1ccccc1. The summed E-state index contributed by atoms with van der Waals surface area (Å²) in [4.78, 5) is 26.8. The largest absolute Gasteiger partial charge is 0.497 e. The van der Waals surface area contributed by atoms with E-state index in [9.17, 15) is 23.1 Å².